The molecular formula is C8H16N6. The molecule has 1 saturated heterocycles. The largest absolute Gasteiger partial charge is 0.353 e. The second-order valence-corrected chi connectivity index (χ2v) is 3.63. The van der Waals surface area contributed by atoms with Gasteiger partial charge in [-0.05, 0) is 36.2 Å². The zero-order valence-corrected chi connectivity index (χ0v) is 8.40. The number of aryl methyl sites for hydroxylation is 1. The fourth-order valence-electron chi connectivity index (χ4n) is 1.74. The summed E-state index contributed by atoms with van der Waals surface area (Å²) >= 11 is 0. The Morgan fingerprint density at radius 3 is 3.21 bits per heavy atom. The van der Waals surface area contributed by atoms with Crippen LogP contribution in [0.5, 0.6) is 0 Å². The van der Waals surface area contributed by atoms with Gasteiger partial charge in [0.1, 0.15) is 0 Å². The summed E-state index contributed by atoms with van der Waals surface area (Å²) < 4.78 is 1.64. The van der Waals surface area contributed by atoms with E-state index >= 15 is 0 Å². The second kappa shape index (κ2) is 4.36. The maximum Gasteiger partial charge on any atom is 0.242 e. The lowest BCUT2D eigenvalue weighted by atomic mass is 10.2. The van der Waals surface area contributed by atoms with Crippen LogP contribution >= 0.6 is 0 Å². The van der Waals surface area contributed by atoms with Crippen molar-refractivity contribution in [1.29, 1.82) is 0 Å². The molecule has 1 unspecified atom stereocenters. The Morgan fingerprint density at radius 2 is 2.57 bits per heavy atom. The van der Waals surface area contributed by atoms with Crippen LogP contribution in [0.4, 0.5) is 5.95 Å². The number of tetrazole rings is 1. The molecule has 2 N–H and O–H groups in total. The van der Waals surface area contributed by atoms with E-state index in [1.807, 2.05) is 7.05 Å². The van der Waals surface area contributed by atoms with Crippen LogP contribution in [0.15, 0.2) is 0 Å². The third-order valence-electron chi connectivity index (χ3n) is 2.56. The second-order valence-electron chi connectivity index (χ2n) is 3.63. The Kier molecular flexibility index (Phi) is 2.93. The standard InChI is InChI=1S/C8H16N6/c1-14-8(11-12-13-14)10-6-4-7-3-2-5-9-7/h7,9H,2-6H2,1H3,(H,10,11,13). The van der Waals surface area contributed by atoms with Crippen LogP contribution in [0.1, 0.15) is 19.3 Å². The summed E-state index contributed by atoms with van der Waals surface area (Å²) in [6.07, 6.45) is 3.72. The molecule has 1 atom stereocenters. The summed E-state index contributed by atoms with van der Waals surface area (Å²) in [7, 11) is 1.83. The molecule has 1 aromatic rings. The number of nitrogens with zero attached hydrogens (tertiary/aromatic N) is 4. The lowest BCUT2D eigenvalue weighted by molar-refractivity contribution is 0.572. The van der Waals surface area contributed by atoms with Gasteiger partial charge in [-0.25, -0.2) is 4.68 Å². The van der Waals surface area contributed by atoms with Gasteiger partial charge in [-0.2, -0.15) is 0 Å². The average Bonchev–Trinajstić information content (AvgIpc) is 2.78. The highest BCUT2D eigenvalue weighted by atomic mass is 15.6. The molecule has 0 bridgehead atoms. The first-order chi connectivity index (χ1) is 6.86. The molecule has 6 heteroatoms. The summed E-state index contributed by atoms with van der Waals surface area (Å²) in [5, 5.41) is 17.8. The van der Waals surface area contributed by atoms with Crippen molar-refractivity contribution in [3.8, 4) is 0 Å². The fourth-order valence-corrected chi connectivity index (χ4v) is 1.74. The Balaban J connectivity index is 1.70. The monoisotopic (exact) mass is 196 g/mol. The number of anilines is 1. The van der Waals surface area contributed by atoms with E-state index in [2.05, 4.69) is 26.2 Å². The number of hydrogen-bond acceptors (Lipinski definition) is 5. The molecule has 1 aliphatic rings. The molecular weight excluding hydrogens is 180 g/mol. The minimum atomic E-state index is 0.670. The van der Waals surface area contributed by atoms with Crippen molar-refractivity contribution < 1.29 is 0 Å². The van der Waals surface area contributed by atoms with E-state index in [0.717, 1.165) is 25.5 Å². The Labute approximate surface area is 83.1 Å². The summed E-state index contributed by atoms with van der Waals surface area (Å²) in [6, 6.07) is 0.670. The summed E-state index contributed by atoms with van der Waals surface area (Å²) in [5.74, 6) is 0.739. The Hall–Kier alpha value is -1.17. The highest BCUT2D eigenvalue weighted by Crippen LogP contribution is 2.08. The fraction of sp³-hybridized carbons (Fsp3) is 0.875. The summed E-state index contributed by atoms with van der Waals surface area (Å²) in [6.45, 7) is 2.09. The van der Waals surface area contributed by atoms with Gasteiger partial charge in [0.25, 0.3) is 0 Å². The van der Waals surface area contributed by atoms with Gasteiger partial charge >= 0.3 is 0 Å². The molecule has 1 fully saturated rings. The van der Waals surface area contributed by atoms with E-state index in [4.69, 9.17) is 0 Å². The molecule has 1 aliphatic heterocycles. The van der Waals surface area contributed by atoms with Gasteiger partial charge in [0.2, 0.25) is 5.95 Å². The molecule has 0 spiro atoms. The first-order valence-electron chi connectivity index (χ1n) is 5.06. The van der Waals surface area contributed by atoms with Gasteiger partial charge < -0.3 is 10.6 Å². The molecule has 2 heterocycles. The molecule has 6 nitrogen and oxygen atoms in total. The third kappa shape index (κ3) is 2.20. The van der Waals surface area contributed by atoms with Crippen molar-refractivity contribution in [2.45, 2.75) is 25.3 Å². The molecule has 0 radical (unpaired) electrons. The van der Waals surface area contributed by atoms with Gasteiger partial charge in [-0.15, -0.1) is 0 Å². The maximum absolute atomic E-state index is 3.85. The first kappa shape index (κ1) is 9.39. The molecule has 0 aliphatic carbocycles. The minimum Gasteiger partial charge on any atom is -0.353 e. The zero-order valence-electron chi connectivity index (χ0n) is 8.40. The van der Waals surface area contributed by atoms with Gasteiger partial charge in [0.15, 0.2) is 0 Å². The van der Waals surface area contributed by atoms with Crippen LogP contribution in [0.25, 0.3) is 0 Å². The van der Waals surface area contributed by atoms with Crippen molar-refractivity contribution in [2.75, 3.05) is 18.4 Å². The molecule has 0 aromatic carbocycles. The van der Waals surface area contributed by atoms with Crippen LogP contribution in [-0.2, 0) is 7.05 Å². The van der Waals surface area contributed by atoms with E-state index in [1.54, 1.807) is 4.68 Å². The molecule has 1 aromatic heterocycles. The predicted molar refractivity (Wildman–Crippen MR) is 52.9 cm³/mol. The first-order valence-corrected chi connectivity index (χ1v) is 5.06. The molecule has 0 amide bonds. The molecule has 0 saturated carbocycles. The quantitative estimate of drug-likeness (QED) is 0.696. The van der Waals surface area contributed by atoms with Crippen molar-refractivity contribution in [1.82, 2.24) is 25.5 Å². The van der Waals surface area contributed by atoms with Gasteiger partial charge in [0.05, 0.1) is 0 Å². The topological polar surface area (TPSA) is 67.7 Å². The van der Waals surface area contributed by atoms with E-state index in [0.29, 0.717) is 6.04 Å². The van der Waals surface area contributed by atoms with Crippen LogP contribution in [0.3, 0.4) is 0 Å². The Morgan fingerprint density at radius 1 is 1.64 bits per heavy atom. The van der Waals surface area contributed by atoms with Gasteiger partial charge in [-0.1, -0.05) is 5.10 Å². The van der Waals surface area contributed by atoms with E-state index in [1.165, 1.54) is 12.8 Å². The van der Waals surface area contributed by atoms with Crippen LogP contribution in [-0.4, -0.2) is 39.3 Å². The van der Waals surface area contributed by atoms with Crippen molar-refractivity contribution in [3.63, 3.8) is 0 Å². The number of hydrogen-bond donors (Lipinski definition) is 2. The normalized spacial score (nSPS) is 21.4. The van der Waals surface area contributed by atoms with Gasteiger partial charge in [-0.3, -0.25) is 0 Å². The maximum atomic E-state index is 3.85. The van der Waals surface area contributed by atoms with Crippen molar-refractivity contribution >= 4 is 5.95 Å². The lowest BCUT2D eigenvalue weighted by Crippen LogP contribution is -2.24. The van der Waals surface area contributed by atoms with Crippen LogP contribution < -0.4 is 10.6 Å². The Bertz CT molecular complexity index is 277. The molecule has 14 heavy (non-hydrogen) atoms. The number of aromatic nitrogens is 4. The zero-order chi connectivity index (χ0) is 9.80. The van der Waals surface area contributed by atoms with Gasteiger partial charge in [0, 0.05) is 19.6 Å². The predicted octanol–water partition coefficient (Wildman–Crippen LogP) is -0.236. The number of rotatable bonds is 4. The van der Waals surface area contributed by atoms with Crippen molar-refractivity contribution in [3.05, 3.63) is 0 Å². The lowest BCUT2D eigenvalue weighted by Gasteiger charge is -2.09. The number of nitrogens with one attached hydrogen (secondary N) is 2. The average molecular weight is 196 g/mol. The van der Waals surface area contributed by atoms with E-state index < -0.39 is 0 Å². The highest BCUT2D eigenvalue weighted by Gasteiger charge is 2.13. The molecule has 78 valence electrons. The van der Waals surface area contributed by atoms with Crippen molar-refractivity contribution in [2.24, 2.45) is 7.05 Å². The third-order valence-corrected chi connectivity index (χ3v) is 2.56. The van der Waals surface area contributed by atoms with Crippen LogP contribution in [0.2, 0.25) is 0 Å². The minimum absolute atomic E-state index is 0.670. The van der Waals surface area contributed by atoms with E-state index in [9.17, 15) is 0 Å². The summed E-state index contributed by atoms with van der Waals surface area (Å²) in [4.78, 5) is 0. The highest BCUT2D eigenvalue weighted by molar-refractivity contribution is 5.20. The molecule has 2 rings (SSSR count). The smallest absolute Gasteiger partial charge is 0.242 e. The van der Waals surface area contributed by atoms with Crippen LogP contribution in [0, 0.1) is 0 Å². The summed E-state index contributed by atoms with van der Waals surface area (Å²) in [5.41, 5.74) is 0. The van der Waals surface area contributed by atoms with E-state index in [-0.39, 0.29) is 0 Å². The SMILES string of the molecule is Cn1nnnc1NCCC1CCCN1.